The summed E-state index contributed by atoms with van der Waals surface area (Å²) in [6.07, 6.45) is -2.65. The van der Waals surface area contributed by atoms with Crippen LogP contribution in [0.5, 0.6) is 0 Å². The van der Waals surface area contributed by atoms with Crippen LogP contribution in [0, 0.1) is 3.57 Å². The summed E-state index contributed by atoms with van der Waals surface area (Å²) in [5.74, 6) is -1.40. The van der Waals surface area contributed by atoms with Crippen LogP contribution in [-0.2, 0) is 39.9 Å². The zero-order chi connectivity index (χ0) is 26.7. The van der Waals surface area contributed by atoms with Crippen LogP contribution in [0.4, 0.5) is 5.82 Å². The maximum atomic E-state index is 11.9. The highest BCUT2D eigenvalue weighted by atomic mass is 127. The molecule has 0 spiro atoms. The van der Waals surface area contributed by atoms with Crippen LogP contribution in [0.25, 0.3) is 11.2 Å². The number of halogens is 2. The molecule has 0 radical (unpaired) electrons. The van der Waals surface area contributed by atoms with E-state index in [2.05, 4.69) is 42.9 Å². The number of carbonyl (C=O) groups excluding carboxylic acids is 3. The van der Waals surface area contributed by atoms with Crippen LogP contribution in [0.2, 0.25) is 5.28 Å². The molecule has 37 heavy (non-hydrogen) atoms. The standard InChI is InChI=1S/C23H23ClIN5O7/c1-11(31)34-9-16-18(35-12(2)32)19(36-13(3)33)22(37-16)30-10-27-17-20(28-23(24)29-21(17)30)26-8-14-5-4-6-15(25)7-14/h4-7,10,16,18-19,22H,8-9H2,1-3H3,(H,26,28,29)/t16-,18-,19-,22-/m1/s1. The van der Waals surface area contributed by atoms with Gasteiger partial charge in [-0.25, -0.2) is 4.98 Å². The van der Waals surface area contributed by atoms with Crippen LogP contribution >= 0.6 is 34.2 Å². The van der Waals surface area contributed by atoms with E-state index in [1.807, 2.05) is 24.3 Å². The summed E-state index contributed by atoms with van der Waals surface area (Å²) in [6, 6.07) is 7.95. The molecule has 1 N–H and O–H groups in total. The third-order valence-electron chi connectivity index (χ3n) is 5.36. The molecule has 14 heteroatoms. The minimum atomic E-state index is -1.09. The third kappa shape index (κ3) is 6.45. The van der Waals surface area contributed by atoms with Crippen LogP contribution in [0.3, 0.4) is 0 Å². The van der Waals surface area contributed by atoms with Gasteiger partial charge >= 0.3 is 17.9 Å². The first-order valence-electron chi connectivity index (χ1n) is 11.1. The number of nitrogens with zero attached hydrogens (tertiary/aromatic N) is 4. The molecule has 0 unspecified atom stereocenters. The smallest absolute Gasteiger partial charge is 0.303 e. The van der Waals surface area contributed by atoms with Crippen LogP contribution in [0.15, 0.2) is 30.6 Å². The van der Waals surface area contributed by atoms with E-state index in [0.29, 0.717) is 23.5 Å². The number of anilines is 1. The fourth-order valence-electron chi connectivity index (χ4n) is 3.95. The number of fused-ring (bicyclic) bond motifs is 1. The fraction of sp³-hybridized carbons (Fsp3) is 0.391. The number of imidazole rings is 1. The number of aromatic nitrogens is 4. The Morgan fingerprint density at radius 3 is 2.51 bits per heavy atom. The van der Waals surface area contributed by atoms with Crippen molar-refractivity contribution >= 4 is 69.1 Å². The fourth-order valence-corrected chi connectivity index (χ4v) is 4.72. The van der Waals surface area contributed by atoms with Crippen molar-refractivity contribution in [2.45, 2.75) is 51.9 Å². The molecule has 4 rings (SSSR count). The molecule has 1 fully saturated rings. The number of benzene rings is 1. The van der Waals surface area contributed by atoms with E-state index in [9.17, 15) is 14.4 Å². The van der Waals surface area contributed by atoms with Gasteiger partial charge in [0, 0.05) is 30.9 Å². The molecule has 0 aliphatic carbocycles. The lowest BCUT2D eigenvalue weighted by Crippen LogP contribution is -2.40. The Labute approximate surface area is 230 Å². The van der Waals surface area contributed by atoms with Crippen molar-refractivity contribution in [3.63, 3.8) is 0 Å². The number of nitrogens with one attached hydrogen (secondary N) is 1. The maximum Gasteiger partial charge on any atom is 0.303 e. The topological polar surface area (TPSA) is 144 Å². The lowest BCUT2D eigenvalue weighted by Gasteiger charge is -2.23. The van der Waals surface area contributed by atoms with Gasteiger partial charge in [-0.2, -0.15) is 9.97 Å². The molecule has 3 aromatic rings. The van der Waals surface area contributed by atoms with E-state index in [1.165, 1.54) is 31.7 Å². The summed E-state index contributed by atoms with van der Waals surface area (Å²) in [7, 11) is 0. The minimum Gasteiger partial charge on any atom is -0.463 e. The minimum absolute atomic E-state index is 0.0468. The summed E-state index contributed by atoms with van der Waals surface area (Å²) in [5.41, 5.74) is 1.72. The molecule has 12 nitrogen and oxygen atoms in total. The Balaban J connectivity index is 1.69. The summed E-state index contributed by atoms with van der Waals surface area (Å²) in [6.45, 7) is 3.91. The van der Waals surface area contributed by atoms with E-state index in [1.54, 1.807) is 0 Å². The van der Waals surface area contributed by atoms with Gasteiger partial charge in [0.2, 0.25) is 5.28 Å². The summed E-state index contributed by atoms with van der Waals surface area (Å²) in [4.78, 5) is 48.2. The predicted octanol–water partition coefficient (Wildman–Crippen LogP) is 3.02. The number of hydrogen-bond acceptors (Lipinski definition) is 11. The van der Waals surface area contributed by atoms with Gasteiger partial charge in [-0.1, -0.05) is 12.1 Å². The first-order valence-corrected chi connectivity index (χ1v) is 12.6. The van der Waals surface area contributed by atoms with E-state index in [4.69, 9.17) is 30.5 Å². The van der Waals surface area contributed by atoms with Gasteiger partial charge < -0.3 is 24.3 Å². The van der Waals surface area contributed by atoms with Crippen LogP contribution < -0.4 is 5.32 Å². The normalized spacial score (nSPS) is 21.0. The Morgan fingerprint density at radius 1 is 1.11 bits per heavy atom. The first kappa shape index (κ1) is 27.0. The van der Waals surface area contributed by atoms with E-state index in [-0.39, 0.29) is 11.9 Å². The number of rotatable bonds is 8. The third-order valence-corrected chi connectivity index (χ3v) is 6.20. The van der Waals surface area contributed by atoms with E-state index >= 15 is 0 Å². The molecule has 0 amide bonds. The van der Waals surface area contributed by atoms with Crippen molar-refractivity contribution in [2.24, 2.45) is 0 Å². The number of ether oxygens (including phenoxy) is 4. The lowest BCUT2D eigenvalue weighted by atomic mass is 10.1. The largest absolute Gasteiger partial charge is 0.463 e. The second-order valence-electron chi connectivity index (χ2n) is 8.16. The lowest BCUT2D eigenvalue weighted by molar-refractivity contribution is -0.166. The summed E-state index contributed by atoms with van der Waals surface area (Å²) >= 11 is 8.48. The van der Waals surface area contributed by atoms with Gasteiger partial charge in [0.25, 0.3) is 0 Å². The molecule has 1 aromatic carbocycles. The molecule has 196 valence electrons. The van der Waals surface area contributed by atoms with E-state index in [0.717, 1.165) is 9.13 Å². The van der Waals surface area contributed by atoms with Gasteiger partial charge in [0.15, 0.2) is 35.4 Å². The second-order valence-corrected chi connectivity index (χ2v) is 9.75. The number of hydrogen-bond donors (Lipinski definition) is 1. The van der Waals surface area contributed by atoms with Crippen molar-refractivity contribution in [2.75, 3.05) is 11.9 Å². The molecule has 1 aliphatic rings. The zero-order valence-electron chi connectivity index (χ0n) is 20.0. The monoisotopic (exact) mass is 643 g/mol. The quantitative estimate of drug-likeness (QED) is 0.167. The van der Waals surface area contributed by atoms with E-state index < -0.39 is 42.4 Å². The highest BCUT2D eigenvalue weighted by Crippen LogP contribution is 2.36. The van der Waals surface area contributed by atoms with Gasteiger partial charge in [-0.3, -0.25) is 19.0 Å². The summed E-state index contributed by atoms with van der Waals surface area (Å²) < 4.78 is 24.7. The second kappa shape index (κ2) is 11.6. The highest BCUT2D eigenvalue weighted by Gasteiger charge is 2.51. The van der Waals surface area contributed by atoms with Crippen molar-refractivity contribution in [3.8, 4) is 0 Å². The molecule has 0 bridgehead atoms. The average molecular weight is 644 g/mol. The summed E-state index contributed by atoms with van der Waals surface area (Å²) in [5, 5.41) is 3.18. The molecule has 0 saturated carbocycles. The molecule has 4 atom stereocenters. The number of esters is 3. The van der Waals surface area contributed by atoms with Crippen LogP contribution in [0.1, 0.15) is 32.6 Å². The van der Waals surface area contributed by atoms with Gasteiger partial charge in [-0.15, -0.1) is 0 Å². The molecule has 1 saturated heterocycles. The molecule has 3 heterocycles. The molecule has 2 aromatic heterocycles. The molecule has 1 aliphatic heterocycles. The first-order chi connectivity index (χ1) is 17.6. The number of carbonyl (C=O) groups is 3. The Morgan fingerprint density at radius 2 is 1.84 bits per heavy atom. The van der Waals surface area contributed by atoms with Gasteiger partial charge in [0.05, 0.1) is 6.33 Å². The maximum absolute atomic E-state index is 11.9. The van der Waals surface area contributed by atoms with Crippen molar-refractivity contribution in [1.82, 2.24) is 19.5 Å². The zero-order valence-corrected chi connectivity index (χ0v) is 22.9. The van der Waals surface area contributed by atoms with Gasteiger partial charge in [0.1, 0.15) is 12.7 Å². The molecular formula is C23H23ClIN5O7. The van der Waals surface area contributed by atoms with Crippen molar-refractivity contribution in [1.29, 1.82) is 0 Å². The predicted molar refractivity (Wildman–Crippen MR) is 138 cm³/mol. The van der Waals surface area contributed by atoms with Gasteiger partial charge in [-0.05, 0) is 51.9 Å². The Kier molecular flexibility index (Phi) is 8.44. The average Bonchev–Trinajstić information content (AvgIpc) is 3.37. The van der Waals surface area contributed by atoms with Crippen molar-refractivity contribution in [3.05, 3.63) is 45.0 Å². The van der Waals surface area contributed by atoms with Crippen LogP contribution in [-0.4, -0.2) is 62.3 Å². The Hall–Kier alpha value is -3.04. The SMILES string of the molecule is CC(=O)OC[C@H]1O[C@@H](n2cnc3c(NCc4cccc(I)c4)nc(Cl)nc32)[C@H](OC(C)=O)[C@@H]1OC(C)=O. The molecular weight excluding hydrogens is 621 g/mol. The highest BCUT2D eigenvalue weighted by molar-refractivity contribution is 14.1. The van der Waals surface area contributed by atoms with Crippen molar-refractivity contribution < 1.29 is 33.3 Å². The Bertz CT molecular complexity index is 1340.